The number of nitriles is 1. The standard InChI is InChI=1S/C20H15ClN2O4/c1-12(19(24)23-16-7-6-14(10-22)17(21)9-16)27-20(25)15-8-13-4-2-3-5-18(13)26-11-15/h2-9,12H,11H2,1H3,(H,23,24). The SMILES string of the molecule is CC(OC(=O)C1=Cc2ccccc2OC1)C(=O)Nc1ccc(C#N)c(Cl)c1. The van der Waals surface area contributed by atoms with E-state index in [0.717, 1.165) is 5.56 Å². The number of nitrogens with zero attached hydrogens (tertiary/aromatic N) is 1. The van der Waals surface area contributed by atoms with Crippen LogP contribution in [-0.2, 0) is 14.3 Å². The van der Waals surface area contributed by atoms with E-state index < -0.39 is 18.0 Å². The van der Waals surface area contributed by atoms with Gasteiger partial charge in [0.05, 0.1) is 16.2 Å². The summed E-state index contributed by atoms with van der Waals surface area (Å²) in [7, 11) is 0. The van der Waals surface area contributed by atoms with Crippen molar-refractivity contribution >= 4 is 35.2 Å². The van der Waals surface area contributed by atoms with Gasteiger partial charge in [0.2, 0.25) is 0 Å². The predicted octanol–water partition coefficient (Wildman–Crippen LogP) is 3.56. The molecule has 0 saturated heterocycles. The van der Waals surface area contributed by atoms with Gasteiger partial charge in [0.15, 0.2) is 6.10 Å². The van der Waals surface area contributed by atoms with Gasteiger partial charge in [0, 0.05) is 11.3 Å². The van der Waals surface area contributed by atoms with Crippen LogP contribution in [-0.4, -0.2) is 24.6 Å². The number of rotatable bonds is 4. The van der Waals surface area contributed by atoms with Crippen molar-refractivity contribution in [2.24, 2.45) is 0 Å². The highest BCUT2D eigenvalue weighted by Crippen LogP contribution is 2.26. The second kappa shape index (κ2) is 7.94. The molecule has 0 fully saturated rings. The maximum absolute atomic E-state index is 12.3. The normalized spacial score (nSPS) is 13.3. The molecule has 1 aliphatic rings. The molecule has 1 aliphatic heterocycles. The first-order chi connectivity index (χ1) is 13.0. The van der Waals surface area contributed by atoms with Gasteiger partial charge in [0.25, 0.3) is 5.91 Å². The number of fused-ring (bicyclic) bond motifs is 1. The Morgan fingerprint density at radius 2 is 2.07 bits per heavy atom. The summed E-state index contributed by atoms with van der Waals surface area (Å²) in [5.41, 5.74) is 1.81. The maximum atomic E-state index is 12.3. The Morgan fingerprint density at radius 3 is 2.81 bits per heavy atom. The van der Waals surface area contributed by atoms with Crippen molar-refractivity contribution in [1.82, 2.24) is 0 Å². The predicted molar refractivity (Wildman–Crippen MR) is 100 cm³/mol. The molecule has 1 heterocycles. The van der Waals surface area contributed by atoms with Gasteiger partial charge in [-0.15, -0.1) is 0 Å². The molecule has 1 N–H and O–H groups in total. The first-order valence-electron chi connectivity index (χ1n) is 8.12. The summed E-state index contributed by atoms with van der Waals surface area (Å²) in [6.07, 6.45) is 0.664. The van der Waals surface area contributed by atoms with E-state index >= 15 is 0 Å². The van der Waals surface area contributed by atoms with Crippen LogP contribution in [0, 0.1) is 11.3 Å². The summed E-state index contributed by atoms with van der Waals surface area (Å²) < 4.78 is 10.7. The third-order valence-electron chi connectivity index (χ3n) is 3.90. The number of hydrogen-bond donors (Lipinski definition) is 1. The number of para-hydroxylation sites is 1. The molecule has 7 heteroatoms. The summed E-state index contributed by atoms with van der Waals surface area (Å²) in [5.74, 6) is -0.440. The number of halogens is 1. The van der Waals surface area contributed by atoms with Gasteiger partial charge in [-0.1, -0.05) is 29.8 Å². The highest BCUT2D eigenvalue weighted by Gasteiger charge is 2.23. The van der Waals surface area contributed by atoms with E-state index in [4.69, 9.17) is 26.3 Å². The Hall–Kier alpha value is -3.30. The molecule has 2 aromatic carbocycles. The van der Waals surface area contributed by atoms with E-state index in [1.165, 1.54) is 19.1 Å². The third-order valence-corrected chi connectivity index (χ3v) is 4.22. The highest BCUT2D eigenvalue weighted by molar-refractivity contribution is 6.32. The second-order valence-corrected chi connectivity index (χ2v) is 6.25. The van der Waals surface area contributed by atoms with Gasteiger partial charge in [-0.3, -0.25) is 4.79 Å². The van der Waals surface area contributed by atoms with Crippen molar-refractivity contribution in [1.29, 1.82) is 5.26 Å². The number of carbonyl (C=O) groups excluding carboxylic acids is 2. The molecule has 0 aromatic heterocycles. The molecule has 1 atom stereocenters. The Morgan fingerprint density at radius 1 is 1.30 bits per heavy atom. The van der Waals surface area contributed by atoms with Crippen LogP contribution in [0.3, 0.4) is 0 Å². The van der Waals surface area contributed by atoms with Gasteiger partial charge in [-0.25, -0.2) is 4.79 Å². The average molecular weight is 383 g/mol. The Kier molecular flexibility index (Phi) is 5.43. The zero-order valence-electron chi connectivity index (χ0n) is 14.4. The number of ether oxygens (including phenoxy) is 2. The van der Waals surface area contributed by atoms with Gasteiger partial charge in [-0.05, 0) is 37.3 Å². The number of nitrogens with one attached hydrogen (secondary N) is 1. The van der Waals surface area contributed by atoms with Crippen molar-refractivity contribution in [3.05, 3.63) is 64.2 Å². The zero-order valence-corrected chi connectivity index (χ0v) is 15.1. The summed E-state index contributed by atoms with van der Waals surface area (Å²) in [5, 5.41) is 11.7. The molecule has 0 bridgehead atoms. The van der Waals surface area contributed by atoms with E-state index in [1.807, 2.05) is 30.3 Å². The van der Waals surface area contributed by atoms with Crippen molar-refractivity contribution in [3.8, 4) is 11.8 Å². The van der Waals surface area contributed by atoms with Gasteiger partial charge < -0.3 is 14.8 Å². The zero-order chi connectivity index (χ0) is 19.4. The molecule has 0 saturated carbocycles. The average Bonchev–Trinajstić information content (AvgIpc) is 2.67. The minimum Gasteiger partial charge on any atom is -0.488 e. The van der Waals surface area contributed by atoms with Crippen molar-refractivity contribution < 1.29 is 19.1 Å². The van der Waals surface area contributed by atoms with Crippen molar-refractivity contribution in [2.45, 2.75) is 13.0 Å². The van der Waals surface area contributed by atoms with Gasteiger partial charge in [0.1, 0.15) is 18.4 Å². The third kappa shape index (κ3) is 4.27. The van der Waals surface area contributed by atoms with Crippen molar-refractivity contribution in [2.75, 3.05) is 11.9 Å². The van der Waals surface area contributed by atoms with Crippen LogP contribution >= 0.6 is 11.6 Å². The topological polar surface area (TPSA) is 88.4 Å². The van der Waals surface area contributed by atoms with E-state index in [2.05, 4.69) is 5.32 Å². The minimum absolute atomic E-state index is 0.0788. The van der Waals surface area contributed by atoms with Crippen LogP contribution in [0.25, 0.3) is 6.08 Å². The van der Waals surface area contributed by atoms with Crippen LogP contribution in [0.2, 0.25) is 5.02 Å². The Bertz CT molecular complexity index is 978. The summed E-state index contributed by atoms with van der Waals surface area (Å²) in [6, 6.07) is 13.8. The lowest BCUT2D eigenvalue weighted by Crippen LogP contribution is -2.31. The minimum atomic E-state index is -1.02. The Balaban J connectivity index is 1.63. The lowest BCUT2D eigenvalue weighted by molar-refractivity contribution is -0.149. The number of anilines is 1. The fraction of sp³-hybridized carbons (Fsp3) is 0.150. The first kappa shape index (κ1) is 18.5. The maximum Gasteiger partial charge on any atom is 0.338 e. The molecule has 27 heavy (non-hydrogen) atoms. The number of amides is 1. The monoisotopic (exact) mass is 382 g/mol. The van der Waals surface area contributed by atoms with E-state index in [0.29, 0.717) is 22.6 Å². The lowest BCUT2D eigenvalue weighted by Gasteiger charge is -2.19. The molecule has 1 unspecified atom stereocenters. The number of esters is 1. The molecule has 0 aliphatic carbocycles. The lowest BCUT2D eigenvalue weighted by atomic mass is 10.1. The van der Waals surface area contributed by atoms with E-state index in [-0.39, 0.29) is 11.6 Å². The fourth-order valence-electron chi connectivity index (χ4n) is 2.45. The van der Waals surface area contributed by atoms with Gasteiger partial charge >= 0.3 is 5.97 Å². The van der Waals surface area contributed by atoms with Crippen LogP contribution in [0.1, 0.15) is 18.1 Å². The van der Waals surface area contributed by atoms with Crippen LogP contribution in [0.5, 0.6) is 5.75 Å². The van der Waals surface area contributed by atoms with Gasteiger partial charge in [-0.2, -0.15) is 5.26 Å². The van der Waals surface area contributed by atoms with Crippen molar-refractivity contribution in [3.63, 3.8) is 0 Å². The number of carbonyl (C=O) groups is 2. The quantitative estimate of drug-likeness (QED) is 0.817. The molecule has 0 radical (unpaired) electrons. The molecular formula is C20H15ClN2O4. The molecule has 6 nitrogen and oxygen atoms in total. The van der Waals surface area contributed by atoms with E-state index in [1.54, 1.807) is 12.1 Å². The highest BCUT2D eigenvalue weighted by atomic mass is 35.5. The number of hydrogen-bond acceptors (Lipinski definition) is 5. The number of benzene rings is 2. The smallest absolute Gasteiger partial charge is 0.338 e. The van der Waals surface area contributed by atoms with E-state index in [9.17, 15) is 9.59 Å². The fourth-order valence-corrected chi connectivity index (χ4v) is 2.67. The first-order valence-corrected chi connectivity index (χ1v) is 8.49. The summed E-state index contributed by atoms with van der Waals surface area (Å²) in [4.78, 5) is 24.6. The molecule has 136 valence electrons. The molecule has 3 rings (SSSR count). The molecule has 1 amide bonds. The molecule has 0 spiro atoms. The largest absolute Gasteiger partial charge is 0.488 e. The van der Waals surface area contributed by atoms with Crippen LogP contribution in [0.4, 0.5) is 5.69 Å². The Labute approximate surface area is 161 Å². The molecule has 2 aromatic rings. The summed E-state index contributed by atoms with van der Waals surface area (Å²) >= 11 is 5.94. The van der Waals surface area contributed by atoms with Crippen LogP contribution < -0.4 is 10.1 Å². The second-order valence-electron chi connectivity index (χ2n) is 5.84. The summed E-state index contributed by atoms with van der Waals surface area (Å²) in [6.45, 7) is 1.55. The molecular weight excluding hydrogens is 368 g/mol. The van der Waals surface area contributed by atoms with Crippen LogP contribution in [0.15, 0.2) is 48.0 Å².